The highest BCUT2D eigenvalue weighted by Crippen LogP contribution is 2.40. The third-order valence-electron chi connectivity index (χ3n) is 3.21. The molecule has 1 aliphatic rings. The van der Waals surface area contributed by atoms with Gasteiger partial charge in [0.05, 0.1) is 22.3 Å². The van der Waals surface area contributed by atoms with Crippen LogP contribution in [0.5, 0.6) is 0 Å². The average molecular weight is 293 g/mol. The minimum atomic E-state index is -0.292. The van der Waals surface area contributed by atoms with Crippen molar-refractivity contribution in [3.05, 3.63) is 10.4 Å². The van der Waals surface area contributed by atoms with Gasteiger partial charge in [0.1, 0.15) is 16.6 Å². The lowest BCUT2D eigenvalue weighted by Gasteiger charge is -2.42. The zero-order chi connectivity index (χ0) is 15.1. The van der Waals surface area contributed by atoms with Gasteiger partial charge in [0.25, 0.3) is 0 Å². The van der Waals surface area contributed by atoms with Crippen LogP contribution < -0.4 is 10.6 Å². The van der Waals surface area contributed by atoms with Gasteiger partial charge in [0.2, 0.25) is 0 Å². The van der Waals surface area contributed by atoms with Crippen LogP contribution in [0.4, 0.5) is 10.7 Å². The number of rotatable bonds is 2. The number of nitrogen functional groups attached to an aromatic ring is 1. The van der Waals surface area contributed by atoms with Crippen LogP contribution in [0.25, 0.3) is 0 Å². The van der Waals surface area contributed by atoms with E-state index in [-0.39, 0.29) is 17.5 Å². The molecule has 0 saturated carbocycles. The molecule has 0 spiro atoms. The molecule has 108 valence electrons. The molecule has 0 radical (unpaired) electrons. The molecular weight excluding hydrogens is 274 g/mol. The van der Waals surface area contributed by atoms with E-state index < -0.39 is 0 Å². The fraction of sp³-hybridized carbons (Fsp3) is 0.571. The second-order valence-corrected chi connectivity index (χ2v) is 6.76. The first-order valence-corrected chi connectivity index (χ1v) is 7.33. The SMILES string of the molecule is CC(=O)c1sc(N2CC(C)OC(C)(C)C2)c(C#N)c1N. The molecular formula is C14H19N3O2S. The van der Waals surface area contributed by atoms with E-state index in [9.17, 15) is 10.1 Å². The van der Waals surface area contributed by atoms with Gasteiger partial charge in [-0.2, -0.15) is 5.26 Å². The molecule has 1 aromatic rings. The highest BCUT2D eigenvalue weighted by molar-refractivity contribution is 7.19. The molecule has 20 heavy (non-hydrogen) atoms. The van der Waals surface area contributed by atoms with Gasteiger partial charge < -0.3 is 15.4 Å². The summed E-state index contributed by atoms with van der Waals surface area (Å²) < 4.78 is 5.87. The number of nitrogens with zero attached hydrogens (tertiary/aromatic N) is 2. The Hall–Kier alpha value is -1.58. The normalized spacial score (nSPS) is 21.6. The minimum absolute atomic E-state index is 0.0643. The van der Waals surface area contributed by atoms with Crippen LogP contribution in [0.2, 0.25) is 0 Å². The van der Waals surface area contributed by atoms with Crippen LogP contribution in [0.15, 0.2) is 0 Å². The van der Waals surface area contributed by atoms with Crippen LogP contribution in [0, 0.1) is 11.3 Å². The smallest absolute Gasteiger partial charge is 0.171 e. The summed E-state index contributed by atoms with van der Waals surface area (Å²) in [5, 5.41) is 10.1. The van der Waals surface area contributed by atoms with Gasteiger partial charge in [-0.3, -0.25) is 4.79 Å². The Kier molecular flexibility index (Phi) is 3.76. The summed E-state index contributed by atoms with van der Waals surface area (Å²) in [4.78, 5) is 14.2. The lowest BCUT2D eigenvalue weighted by molar-refractivity contribution is -0.0748. The van der Waals surface area contributed by atoms with Crippen molar-refractivity contribution in [2.45, 2.75) is 39.4 Å². The van der Waals surface area contributed by atoms with E-state index in [0.717, 1.165) is 5.00 Å². The van der Waals surface area contributed by atoms with E-state index in [0.29, 0.717) is 29.2 Å². The number of ketones is 1. The molecule has 2 heterocycles. The summed E-state index contributed by atoms with van der Waals surface area (Å²) in [5.74, 6) is -0.101. The Morgan fingerprint density at radius 3 is 2.75 bits per heavy atom. The van der Waals surface area contributed by atoms with Crippen molar-refractivity contribution < 1.29 is 9.53 Å². The zero-order valence-corrected chi connectivity index (χ0v) is 13.0. The molecule has 2 N–H and O–H groups in total. The van der Waals surface area contributed by atoms with Gasteiger partial charge in [-0.05, 0) is 20.8 Å². The first-order chi connectivity index (χ1) is 9.25. The molecule has 6 heteroatoms. The number of anilines is 2. The summed E-state index contributed by atoms with van der Waals surface area (Å²) in [6, 6.07) is 2.13. The lowest BCUT2D eigenvalue weighted by atomic mass is 10.1. The largest absolute Gasteiger partial charge is 0.396 e. The maximum Gasteiger partial charge on any atom is 0.171 e. The summed E-state index contributed by atoms with van der Waals surface area (Å²) in [5.41, 5.74) is 6.35. The quantitative estimate of drug-likeness (QED) is 0.847. The van der Waals surface area contributed by atoms with E-state index >= 15 is 0 Å². The van der Waals surface area contributed by atoms with Gasteiger partial charge in [-0.1, -0.05) is 0 Å². The van der Waals surface area contributed by atoms with Crippen LogP contribution in [0.1, 0.15) is 42.9 Å². The van der Waals surface area contributed by atoms with Crippen LogP contribution in [-0.2, 0) is 4.74 Å². The van der Waals surface area contributed by atoms with Gasteiger partial charge in [-0.15, -0.1) is 11.3 Å². The number of hydrogen-bond acceptors (Lipinski definition) is 6. The fourth-order valence-electron chi connectivity index (χ4n) is 2.63. The minimum Gasteiger partial charge on any atom is -0.396 e. The van der Waals surface area contributed by atoms with E-state index in [1.54, 1.807) is 0 Å². The number of carbonyl (C=O) groups is 1. The summed E-state index contributed by atoms with van der Waals surface area (Å²) in [7, 11) is 0. The molecule has 1 atom stereocenters. The standard InChI is InChI=1S/C14H19N3O2S/c1-8-6-17(7-14(3,4)19-8)13-10(5-15)11(16)12(20-13)9(2)18/h8H,6-7,16H2,1-4H3. The Labute approximate surface area is 122 Å². The average Bonchev–Trinajstić information content (AvgIpc) is 2.63. The molecule has 1 aliphatic heterocycles. The van der Waals surface area contributed by atoms with Crippen LogP contribution in [-0.4, -0.2) is 30.6 Å². The summed E-state index contributed by atoms with van der Waals surface area (Å²) >= 11 is 1.30. The fourth-order valence-corrected chi connectivity index (χ4v) is 3.71. The number of morpholine rings is 1. The third kappa shape index (κ3) is 2.65. The molecule has 0 aliphatic carbocycles. The van der Waals surface area contributed by atoms with Crippen molar-refractivity contribution in [3.8, 4) is 6.07 Å². The van der Waals surface area contributed by atoms with E-state index in [4.69, 9.17) is 10.5 Å². The Bertz CT molecular complexity index is 586. The molecule has 0 amide bonds. The van der Waals surface area contributed by atoms with Crippen molar-refractivity contribution >= 4 is 27.8 Å². The van der Waals surface area contributed by atoms with Crippen molar-refractivity contribution in [2.24, 2.45) is 0 Å². The van der Waals surface area contributed by atoms with Gasteiger partial charge >= 0.3 is 0 Å². The summed E-state index contributed by atoms with van der Waals surface area (Å²) in [6.45, 7) is 8.87. The van der Waals surface area contributed by atoms with Gasteiger partial charge in [0, 0.05) is 20.0 Å². The molecule has 2 rings (SSSR count). The van der Waals surface area contributed by atoms with Crippen molar-refractivity contribution in [3.63, 3.8) is 0 Å². The van der Waals surface area contributed by atoms with Crippen molar-refractivity contribution in [1.82, 2.24) is 0 Å². The molecule has 1 saturated heterocycles. The zero-order valence-electron chi connectivity index (χ0n) is 12.2. The molecule has 0 bridgehead atoms. The summed E-state index contributed by atoms with van der Waals surface area (Å²) in [6.07, 6.45) is 0.0643. The van der Waals surface area contributed by atoms with E-state index in [1.165, 1.54) is 18.3 Å². The number of nitriles is 1. The number of ether oxygens (including phenoxy) is 1. The second kappa shape index (κ2) is 5.08. The number of Topliss-reactive ketones (excluding diaryl/α,β-unsaturated/α-hetero) is 1. The van der Waals surface area contributed by atoms with Gasteiger partial charge in [0.15, 0.2) is 5.78 Å². The van der Waals surface area contributed by atoms with Crippen LogP contribution in [0.3, 0.4) is 0 Å². The van der Waals surface area contributed by atoms with Crippen molar-refractivity contribution in [1.29, 1.82) is 5.26 Å². The van der Waals surface area contributed by atoms with Gasteiger partial charge in [-0.25, -0.2) is 0 Å². The predicted molar refractivity (Wildman–Crippen MR) is 80.3 cm³/mol. The first-order valence-electron chi connectivity index (χ1n) is 6.51. The second-order valence-electron chi connectivity index (χ2n) is 5.76. The van der Waals surface area contributed by atoms with E-state index in [1.807, 2.05) is 20.8 Å². The molecule has 0 aromatic carbocycles. The highest BCUT2D eigenvalue weighted by atomic mass is 32.1. The first kappa shape index (κ1) is 14.8. The maximum absolute atomic E-state index is 11.6. The van der Waals surface area contributed by atoms with Crippen molar-refractivity contribution in [2.75, 3.05) is 23.7 Å². The maximum atomic E-state index is 11.6. The molecule has 5 nitrogen and oxygen atoms in total. The van der Waals surface area contributed by atoms with Crippen LogP contribution >= 0.6 is 11.3 Å². The number of carbonyl (C=O) groups excluding carboxylic acids is 1. The Balaban J connectivity index is 2.45. The molecule has 1 unspecified atom stereocenters. The number of hydrogen-bond donors (Lipinski definition) is 1. The highest BCUT2D eigenvalue weighted by Gasteiger charge is 2.34. The predicted octanol–water partition coefficient (Wildman–Crippen LogP) is 2.41. The number of thiophene rings is 1. The lowest BCUT2D eigenvalue weighted by Crippen LogP contribution is -2.52. The monoisotopic (exact) mass is 293 g/mol. The Morgan fingerprint density at radius 2 is 2.25 bits per heavy atom. The molecule has 1 fully saturated rings. The third-order valence-corrected chi connectivity index (χ3v) is 4.58. The Morgan fingerprint density at radius 1 is 1.60 bits per heavy atom. The van der Waals surface area contributed by atoms with E-state index in [2.05, 4.69) is 11.0 Å². The molecule has 1 aromatic heterocycles. The topological polar surface area (TPSA) is 79.3 Å². The number of nitrogens with two attached hydrogens (primary N) is 1.